The number of likely N-dealkylation sites (tertiary alicyclic amines) is 1. The molecule has 2 atom stereocenters. The number of nitrogens with zero attached hydrogens (tertiary/aromatic N) is 2. The van der Waals surface area contributed by atoms with E-state index in [-0.39, 0.29) is 31.3 Å². The van der Waals surface area contributed by atoms with Gasteiger partial charge in [0.1, 0.15) is 6.04 Å². The van der Waals surface area contributed by atoms with Crippen molar-refractivity contribution < 1.29 is 27.6 Å². The lowest BCUT2D eigenvalue weighted by molar-refractivity contribution is -0.137. The van der Waals surface area contributed by atoms with Crippen LogP contribution in [0.25, 0.3) is 0 Å². The average molecular weight is 385 g/mol. The highest BCUT2D eigenvalue weighted by molar-refractivity contribution is 5.92. The quantitative estimate of drug-likeness (QED) is 0.838. The Hall–Kier alpha value is -2.58. The Morgan fingerprint density at radius 2 is 2.00 bits per heavy atom. The van der Waals surface area contributed by atoms with Crippen LogP contribution in [0.4, 0.5) is 13.2 Å². The number of carbonyl (C=O) groups excluding carboxylic acids is 3. The minimum atomic E-state index is -4.46. The Morgan fingerprint density at radius 3 is 2.59 bits per heavy atom. The molecule has 1 saturated heterocycles. The van der Waals surface area contributed by atoms with Crippen molar-refractivity contribution in [3.05, 3.63) is 35.4 Å². The Kier molecular flexibility index (Phi) is 6.12. The SMILES string of the molecule is C[C@@H](NC(=O)[C@H]1CC(=O)N(Cc2cccc(C(F)(F)F)c2)C1)C(=O)N(C)C. The van der Waals surface area contributed by atoms with Crippen molar-refractivity contribution in [1.29, 1.82) is 0 Å². The van der Waals surface area contributed by atoms with E-state index in [0.29, 0.717) is 5.56 Å². The molecule has 0 unspecified atom stereocenters. The Morgan fingerprint density at radius 1 is 1.33 bits per heavy atom. The molecule has 1 aliphatic heterocycles. The zero-order valence-electron chi connectivity index (χ0n) is 15.3. The largest absolute Gasteiger partial charge is 0.416 e. The summed E-state index contributed by atoms with van der Waals surface area (Å²) in [5.74, 6) is -1.63. The molecule has 1 N–H and O–H groups in total. The van der Waals surface area contributed by atoms with Gasteiger partial charge in [0.25, 0.3) is 0 Å². The van der Waals surface area contributed by atoms with Crippen LogP contribution in [0.5, 0.6) is 0 Å². The van der Waals surface area contributed by atoms with E-state index in [1.165, 1.54) is 21.9 Å². The number of carbonyl (C=O) groups is 3. The van der Waals surface area contributed by atoms with Crippen molar-refractivity contribution >= 4 is 17.7 Å². The van der Waals surface area contributed by atoms with Crippen LogP contribution in [0, 0.1) is 5.92 Å². The molecule has 0 spiro atoms. The Balaban J connectivity index is 1.99. The number of halogens is 3. The van der Waals surface area contributed by atoms with E-state index < -0.39 is 29.6 Å². The zero-order valence-corrected chi connectivity index (χ0v) is 15.3. The first kappa shape index (κ1) is 20.7. The van der Waals surface area contributed by atoms with Crippen molar-refractivity contribution in [2.24, 2.45) is 5.92 Å². The number of hydrogen-bond donors (Lipinski definition) is 1. The van der Waals surface area contributed by atoms with E-state index in [9.17, 15) is 27.6 Å². The van der Waals surface area contributed by atoms with Crippen LogP contribution < -0.4 is 5.32 Å². The van der Waals surface area contributed by atoms with Crippen molar-refractivity contribution in [1.82, 2.24) is 15.1 Å². The Labute approximate surface area is 155 Å². The van der Waals surface area contributed by atoms with Gasteiger partial charge < -0.3 is 15.1 Å². The van der Waals surface area contributed by atoms with Crippen LogP contribution in [-0.2, 0) is 27.1 Å². The van der Waals surface area contributed by atoms with Crippen molar-refractivity contribution in [2.45, 2.75) is 32.1 Å². The molecule has 0 radical (unpaired) electrons. The third-order valence-electron chi connectivity index (χ3n) is 4.38. The molecule has 9 heteroatoms. The number of alkyl halides is 3. The summed E-state index contributed by atoms with van der Waals surface area (Å²) in [4.78, 5) is 39.0. The lowest BCUT2D eigenvalue weighted by Crippen LogP contribution is -2.46. The fourth-order valence-electron chi connectivity index (χ4n) is 2.95. The monoisotopic (exact) mass is 385 g/mol. The summed E-state index contributed by atoms with van der Waals surface area (Å²) < 4.78 is 38.4. The predicted octanol–water partition coefficient (Wildman–Crippen LogP) is 1.65. The van der Waals surface area contributed by atoms with Gasteiger partial charge in [-0.25, -0.2) is 0 Å². The first-order valence-electron chi connectivity index (χ1n) is 8.44. The summed E-state index contributed by atoms with van der Waals surface area (Å²) in [6.07, 6.45) is -4.49. The van der Waals surface area contributed by atoms with Crippen LogP contribution in [0.3, 0.4) is 0 Å². The highest BCUT2D eigenvalue weighted by atomic mass is 19.4. The maximum Gasteiger partial charge on any atom is 0.416 e. The van der Waals surface area contributed by atoms with Crippen LogP contribution in [-0.4, -0.2) is 54.2 Å². The number of rotatable bonds is 5. The minimum Gasteiger partial charge on any atom is -0.347 e. The standard InChI is InChI=1S/C18H22F3N3O3/c1-11(17(27)23(2)3)22-16(26)13-8-15(25)24(10-13)9-12-5-4-6-14(7-12)18(19,20)21/h4-7,11,13H,8-10H2,1-3H3,(H,22,26)/t11-,13+/m1/s1. The second kappa shape index (κ2) is 7.98. The molecule has 148 valence electrons. The van der Waals surface area contributed by atoms with E-state index in [1.54, 1.807) is 21.0 Å². The molecular weight excluding hydrogens is 363 g/mol. The fraction of sp³-hybridized carbons (Fsp3) is 0.500. The van der Waals surface area contributed by atoms with E-state index in [0.717, 1.165) is 12.1 Å². The molecule has 6 nitrogen and oxygen atoms in total. The van der Waals surface area contributed by atoms with Gasteiger partial charge >= 0.3 is 6.18 Å². The molecule has 1 fully saturated rings. The van der Waals surface area contributed by atoms with Crippen LogP contribution >= 0.6 is 0 Å². The fourth-order valence-corrected chi connectivity index (χ4v) is 2.95. The van der Waals surface area contributed by atoms with Gasteiger partial charge in [0, 0.05) is 33.6 Å². The van der Waals surface area contributed by atoms with Gasteiger partial charge in [0.05, 0.1) is 11.5 Å². The van der Waals surface area contributed by atoms with Crippen LogP contribution in [0.2, 0.25) is 0 Å². The van der Waals surface area contributed by atoms with Gasteiger partial charge in [-0.05, 0) is 24.6 Å². The number of hydrogen-bond acceptors (Lipinski definition) is 3. The molecule has 0 aliphatic carbocycles. The van der Waals surface area contributed by atoms with Gasteiger partial charge in [-0.3, -0.25) is 14.4 Å². The van der Waals surface area contributed by atoms with E-state index in [1.807, 2.05) is 0 Å². The molecule has 1 aliphatic rings. The topological polar surface area (TPSA) is 69.7 Å². The maximum atomic E-state index is 12.8. The van der Waals surface area contributed by atoms with Crippen molar-refractivity contribution in [2.75, 3.05) is 20.6 Å². The van der Waals surface area contributed by atoms with Gasteiger partial charge in [-0.15, -0.1) is 0 Å². The molecule has 27 heavy (non-hydrogen) atoms. The van der Waals surface area contributed by atoms with Gasteiger partial charge in [0.15, 0.2) is 0 Å². The summed E-state index contributed by atoms with van der Waals surface area (Å²) in [5.41, 5.74) is -0.438. The van der Waals surface area contributed by atoms with E-state index in [2.05, 4.69) is 5.32 Å². The molecule has 0 saturated carbocycles. The van der Waals surface area contributed by atoms with E-state index in [4.69, 9.17) is 0 Å². The molecule has 1 aromatic rings. The molecular formula is C18H22F3N3O3. The number of benzene rings is 1. The first-order chi connectivity index (χ1) is 12.5. The summed E-state index contributed by atoms with van der Waals surface area (Å²) >= 11 is 0. The zero-order chi connectivity index (χ0) is 20.4. The normalized spacial score (nSPS) is 18.4. The first-order valence-corrected chi connectivity index (χ1v) is 8.44. The van der Waals surface area contributed by atoms with Gasteiger partial charge in [0.2, 0.25) is 17.7 Å². The molecule has 3 amide bonds. The smallest absolute Gasteiger partial charge is 0.347 e. The van der Waals surface area contributed by atoms with Crippen molar-refractivity contribution in [3.8, 4) is 0 Å². The predicted molar refractivity (Wildman–Crippen MR) is 91.3 cm³/mol. The van der Waals surface area contributed by atoms with Crippen LogP contribution in [0.15, 0.2) is 24.3 Å². The van der Waals surface area contributed by atoms with Crippen LogP contribution in [0.1, 0.15) is 24.5 Å². The number of likely N-dealkylation sites (N-methyl/N-ethyl adjacent to an activating group) is 1. The maximum absolute atomic E-state index is 12.8. The lowest BCUT2D eigenvalue weighted by atomic mass is 10.1. The average Bonchev–Trinajstić information content (AvgIpc) is 2.94. The third kappa shape index (κ3) is 5.21. The second-order valence-electron chi connectivity index (χ2n) is 6.84. The third-order valence-corrected chi connectivity index (χ3v) is 4.38. The number of amides is 3. The molecule has 1 heterocycles. The summed E-state index contributed by atoms with van der Waals surface area (Å²) in [6.45, 7) is 1.65. The second-order valence-corrected chi connectivity index (χ2v) is 6.84. The molecule has 2 rings (SSSR count). The van der Waals surface area contributed by atoms with Gasteiger partial charge in [-0.2, -0.15) is 13.2 Å². The van der Waals surface area contributed by atoms with E-state index >= 15 is 0 Å². The molecule has 0 aromatic heterocycles. The number of nitrogens with one attached hydrogen (secondary N) is 1. The summed E-state index contributed by atoms with van der Waals surface area (Å²) in [6, 6.07) is 4.04. The lowest BCUT2D eigenvalue weighted by Gasteiger charge is -2.20. The molecule has 0 bridgehead atoms. The highest BCUT2D eigenvalue weighted by Crippen LogP contribution is 2.30. The minimum absolute atomic E-state index is 0.00127. The van der Waals surface area contributed by atoms with Gasteiger partial charge in [-0.1, -0.05) is 12.1 Å². The molecule has 1 aromatic carbocycles. The highest BCUT2D eigenvalue weighted by Gasteiger charge is 2.36. The van der Waals surface area contributed by atoms with Crippen molar-refractivity contribution in [3.63, 3.8) is 0 Å². The Bertz CT molecular complexity index is 734. The summed E-state index contributed by atoms with van der Waals surface area (Å²) in [7, 11) is 3.14. The summed E-state index contributed by atoms with van der Waals surface area (Å²) in [5, 5.41) is 2.58.